The van der Waals surface area contributed by atoms with Gasteiger partial charge in [-0.25, -0.2) is 13.1 Å². The summed E-state index contributed by atoms with van der Waals surface area (Å²) < 4.78 is 28.9. The largest absolute Gasteiger partial charge is 0.295 e. The molecule has 23 heavy (non-hydrogen) atoms. The molecule has 6 nitrogen and oxygen atoms in total. The highest BCUT2D eigenvalue weighted by molar-refractivity contribution is 7.89. The molecule has 0 bridgehead atoms. The molecule has 3 rings (SSSR count). The van der Waals surface area contributed by atoms with Crippen molar-refractivity contribution in [3.8, 4) is 0 Å². The number of aromatic nitrogens is 2. The van der Waals surface area contributed by atoms with E-state index in [1.165, 1.54) is 5.56 Å². The highest BCUT2D eigenvalue weighted by Gasteiger charge is 2.26. The van der Waals surface area contributed by atoms with E-state index in [1.54, 1.807) is 24.3 Å². The Labute approximate surface area is 137 Å². The normalized spacial score (nSPS) is 19.3. The standard InChI is InChI=1S/C16H22N4O2S/c1-19-13-14(12-17-19)16-8-5-10-20(16)11-9-18-23(21,22)15-6-3-2-4-7-15/h2-4,6-7,12-13,16,18H,5,8-11H2,1H3. The van der Waals surface area contributed by atoms with Crippen molar-refractivity contribution in [3.63, 3.8) is 0 Å². The zero-order chi connectivity index (χ0) is 16.3. The minimum Gasteiger partial charge on any atom is -0.295 e. The second-order valence-electron chi connectivity index (χ2n) is 5.85. The molecule has 1 N–H and O–H groups in total. The van der Waals surface area contributed by atoms with Crippen LogP contribution in [0.4, 0.5) is 0 Å². The van der Waals surface area contributed by atoms with Gasteiger partial charge in [-0.2, -0.15) is 5.10 Å². The van der Waals surface area contributed by atoms with E-state index < -0.39 is 10.0 Å². The van der Waals surface area contributed by atoms with Gasteiger partial charge in [0.15, 0.2) is 0 Å². The number of sulfonamides is 1. The fraction of sp³-hybridized carbons (Fsp3) is 0.438. The highest BCUT2D eigenvalue weighted by Crippen LogP contribution is 2.30. The van der Waals surface area contributed by atoms with Crippen molar-refractivity contribution in [1.29, 1.82) is 0 Å². The number of hydrogen-bond acceptors (Lipinski definition) is 4. The molecule has 2 aromatic rings. The number of likely N-dealkylation sites (tertiary alicyclic amines) is 1. The van der Waals surface area contributed by atoms with Gasteiger partial charge in [0.05, 0.1) is 11.1 Å². The fourth-order valence-corrected chi connectivity index (χ4v) is 4.13. The molecule has 2 heterocycles. The van der Waals surface area contributed by atoms with Crippen molar-refractivity contribution in [1.82, 2.24) is 19.4 Å². The number of rotatable bonds is 6. The summed E-state index contributed by atoms with van der Waals surface area (Å²) in [4.78, 5) is 2.63. The lowest BCUT2D eigenvalue weighted by Gasteiger charge is -2.23. The van der Waals surface area contributed by atoms with Crippen LogP contribution in [0.1, 0.15) is 24.4 Å². The minimum absolute atomic E-state index is 0.310. The highest BCUT2D eigenvalue weighted by atomic mass is 32.2. The Hall–Kier alpha value is -1.70. The zero-order valence-electron chi connectivity index (χ0n) is 13.2. The molecule has 124 valence electrons. The van der Waals surface area contributed by atoms with E-state index in [9.17, 15) is 8.42 Å². The first-order chi connectivity index (χ1) is 11.1. The van der Waals surface area contributed by atoms with E-state index in [0.29, 0.717) is 24.0 Å². The third-order valence-corrected chi connectivity index (χ3v) is 5.69. The average Bonchev–Trinajstić information content (AvgIpc) is 3.17. The van der Waals surface area contributed by atoms with Crippen LogP contribution in [0.25, 0.3) is 0 Å². The third-order valence-electron chi connectivity index (χ3n) is 4.22. The Morgan fingerprint density at radius 3 is 2.78 bits per heavy atom. The zero-order valence-corrected chi connectivity index (χ0v) is 14.0. The Morgan fingerprint density at radius 1 is 1.30 bits per heavy atom. The maximum absolute atomic E-state index is 12.2. The number of aryl methyl sites for hydroxylation is 1. The molecule has 0 aliphatic carbocycles. The van der Waals surface area contributed by atoms with Crippen LogP contribution in [-0.2, 0) is 17.1 Å². The molecular formula is C16H22N4O2S. The van der Waals surface area contributed by atoms with E-state index in [-0.39, 0.29) is 0 Å². The summed E-state index contributed by atoms with van der Waals surface area (Å²) in [6, 6.07) is 8.82. The average molecular weight is 334 g/mol. The van der Waals surface area contributed by atoms with Gasteiger partial charge >= 0.3 is 0 Å². The van der Waals surface area contributed by atoms with Crippen LogP contribution in [0.2, 0.25) is 0 Å². The second-order valence-corrected chi connectivity index (χ2v) is 7.62. The van der Waals surface area contributed by atoms with E-state index in [0.717, 1.165) is 19.4 Å². The summed E-state index contributed by atoms with van der Waals surface area (Å²) in [5, 5.41) is 4.23. The quantitative estimate of drug-likeness (QED) is 0.870. The van der Waals surface area contributed by atoms with Crippen molar-refractivity contribution in [2.75, 3.05) is 19.6 Å². The lowest BCUT2D eigenvalue weighted by Crippen LogP contribution is -2.34. The van der Waals surface area contributed by atoms with E-state index in [1.807, 2.05) is 30.2 Å². The van der Waals surface area contributed by atoms with Crippen LogP contribution in [0.3, 0.4) is 0 Å². The van der Waals surface area contributed by atoms with Gasteiger partial charge in [-0.15, -0.1) is 0 Å². The number of benzene rings is 1. The van der Waals surface area contributed by atoms with Crippen molar-refractivity contribution in [2.45, 2.75) is 23.8 Å². The lowest BCUT2D eigenvalue weighted by atomic mass is 10.1. The van der Waals surface area contributed by atoms with Gasteiger partial charge in [0.1, 0.15) is 0 Å². The molecule has 7 heteroatoms. The SMILES string of the molecule is Cn1cc(C2CCCN2CCNS(=O)(=O)c2ccccc2)cn1. The molecule has 0 spiro atoms. The maximum atomic E-state index is 12.2. The van der Waals surface area contributed by atoms with Crippen LogP contribution in [-0.4, -0.2) is 42.7 Å². The van der Waals surface area contributed by atoms with Crippen LogP contribution < -0.4 is 4.72 Å². The smallest absolute Gasteiger partial charge is 0.240 e. The maximum Gasteiger partial charge on any atom is 0.240 e. The molecule has 0 saturated carbocycles. The Morgan fingerprint density at radius 2 is 2.09 bits per heavy atom. The van der Waals surface area contributed by atoms with Crippen molar-refractivity contribution >= 4 is 10.0 Å². The fourth-order valence-electron chi connectivity index (χ4n) is 3.09. The molecule has 1 aliphatic heterocycles. The predicted molar refractivity (Wildman–Crippen MR) is 88.4 cm³/mol. The summed E-state index contributed by atoms with van der Waals surface area (Å²) in [6.45, 7) is 2.10. The first-order valence-corrected chi connectivity index (χ1v) is 9.32. The van der Waals surface area contributed by atoms with Crippen molar-refractivity contribution < 1.29 is 8.42 Å². The predicted octanol–water partition coefficient (Wildman–Crippen LogP) is 1.54. The first kappa shape index (κ1) is 16.2. The van der Waals surface area contributed by atoms with Crippen LogP contribution >= 0.6 is 0 Å². The third kappa shape index (κ3) is 3.80. The van der Waals surface area contributed by atoms with Crippen molar-refractivity contribution in [2.24, 2.45) is 7.05 Å². The van der Waals surface area contributed by atoms with E-state index in [4.69, 9.17) is 0 Å². The molecule has 0 radical (unpaired) electrons. The first-order valence-electron chi connectivity index (χ1n) is 7.83. The molecule has 1 unspecified atom stereocenters. The Bertz CT molecular complexity index is 742. The summed E-state index contributed by atoms with van der Waals surface area (Å²) in [7, 11) is -1.51. The topological polar surface area (TPSA) is 67.2 Å². The Balaban J connectivity index is 1.58. The summed E-state index contributed by atoms with van der Waals surface area (Å²) in [5.74, 6) is 0. The molecule has 1 atom stereocenters. The van der Waals surface area contributed by atoms with Gasteiger partial charge in [0.2, 0.25) is 10.0 Å². The monoisotopic (exact) mass is 334 g/mol. The van der Waals surface area contributed by atoms with Crippen LogP contribution in [0.5, 0.6) is 0 Å². The molecule has 1 aliphatic rings. The van der Waals surface area contributed by atoms with Gasteiger partial charge in [0.25, 0.3) is 0 Å². The van der Waals surface area contributed by atoms with Gasteiger partial charge in [0, 0.05) is 37.9 Å². The number of nitrogens with zero attached hydrogens (tertiary/aromatic N) is 3. The molecule has 0 amide bonds. The lowest BCUT2D eigenvalue weighted by molar-refractivity contribution is 0.262. The second kappa shape index (κ2) is 6.82. The van der Waals surface area contributed by atoms with Crippen LogP contribution in [0.15, 0.2) is 47.6 Å². The van der Waals surface area contributed by atoms with Gasteiger partial charge in [-0.3, -0.25) is 9.58 Å². The number of hydrogen-bond donors (Lipinski definition) is 1. The van der Waals surface area contributed by atoms with E-state index >= 15 is 0 Å². The van der Waals surface area contributed by atoms with Gasteiger partial charge < -0.3 is 0 Å². The molecule has 1 fully saturated rings. The van der Waals surface area contributed by atoms with Crippen molar-refractivity contribution in [3.05, 3.63) is 48.3 Å². The molecule has 1 saturated heterocycles. The summed E-state index contributed by atoms with van der Waals surface area (Å²) in [5.41, 5.74) is 1.20. The minimum atomic E-state index is -3.42. The van der Waals surface area contributed by atoms with E-state index in [2.05, 4.69) is 14.7 Å². The van der Waals surface area contributed by atoms with Gasteiger partial charge in [-0.1, -0.05) is 18.2 Å². The summed E-state index contributed by atoms with van der Waals surface area (Å²) in [6.07, 6.45) is 6.16. The molecular weight excluding hydrogens is 312 g/mol. The molecule has 1 aromatic carbocycles. The summed E-state index contributed by atoms with van der Waals surface area (Å²) >= 11 is 0. The van der Waals surface area contributed by atoms with Gasteiger partial charge in [-0.05, 0) is 31.5 Å². The Kier molecular flexibility index (Phi) is 4.79. The molecule has 1 aromatic heterocycles. The van der Waals surface area contributed by atoms with Crippen LogP contribution in [0, 0.1) is 0 Å². The number of nitrogens with one attached hydrogen (secondary N) is 1.